The van der Waals surface area contributed by atoms with Crippen molar-refractivity contribution in [3.05, 3.63) is 65.7 Å². The van der Waals surface area contributed by atoms with Crippen LogP contribution in [-0.2, 0) is 21.2 Å². The number of ether oxygens (including phenoxy) is 1. The smallest absolute Gasteiger partial charge is 0.263 e. The lowest BCUT2D eigenvalue weighted by atomic mass is 10.1. The molecule has 1 aliphatic rings. The molecule has 4 rings (SSSR count). The lowest BCUT2D eigenvalue weighted by Crippen LogP contribution is -2.39. The van der Waals surface area contributed by atoms with Crippen LogP contribution >= 0.6 is 11.3 Å². The fourth-order valence-electron chi connectivity index (χ4n) is 3.67. The fourth-order valence-corrected chi connectivity index (χ4v) is 5.46. The number of amides is 1. The van der Waals surface area contributed by atoms with Gasteiger partial charge in [0.05, 0.1) is 18.0 Å². The minimum atomic E-state index is -3.72. The summed E-state index contributed by atoms with van der Waals surface area (Å²) in [7, 11) is -2.07. The molecule has 0 spiro atoms. The number of hydrogen-bond acceptors (Lipinski definition) is 7. The van der Waals surface area contributed by atoms with Gasteiger partial charge in [-0.05, 0) is 48.7 Å². The van der Waals surface area contributed by atoms with E-state index in [1.165, 1.54) is 29.7 Å². The molecule has 0 radical (unpaired) electrons. The second kappa shape index (κ2) is 9.68. The van der Waals surface area contributed by atoms with Crippen LogP contribution in [0, 0.1) is 0 Å². The molecule has 1 amide bonds. The van der Waals surface area contributed by atoms with Crippen molar-refractivity contribution in [2.24, 2.45) is 0 Å². The van der Waals surface area contributed by atoms with Crippen molar-refractivity contribution in [2.75, 3.05) is 29.8 Å². The van der Waals surface area contributed by atoms with Gasteiger partial charge in [-0.1, -0.05) is 18.2 Å². The van der Waals surface area contributed by atoms with Crippen molar-refractivity contribution in [2.45, 2.75) is 23.8 Å². The van der Waals surface area contributed by atoms with Crippen molar-refractivity contribution in [3.8, 4) is 5.75 Å². The van der Waals surface area contributed by atoms with Crippen LogP contribution in [-0.4, -0.2) is 45.6 Å². The number of benzene rings is 2. The van der Waals surface area contributed by atoms with Crippen LogP contribution in [0.25, 0.3) is 0 Å². The Hall–Kier alpha value is -2.95. The van der Waals surface area contributed by atoms with Crippen molar-refractivity contribution >= 4 is 38.1 Å². The van der Waals surface area contributed by atoms with Gasteiger partial charge in [0.2, 0.25) is 5.91 Å². The number of methoxy groups -OCH3 is 1. The molecule has 1 unspecified atom stereocenters. The molecular formula is C22H24N4O4S2. The molecule has 32 heavy (non-hydrogen) atoms. The van der Waals surface area contributed by atoms with E-state index in [0.717, 1.165) is 17.7 Å². The molecule has 1 fully saturated rings. The van der Waals surface area contributed by atoms with Gasteiger partial charge in [0.1, 0.15) is 5.75 Å². The molecule has 3 aromatic rings. The summed E-state index contributed by atoms with van der Waals surface area (Å²) in [5.41, 5.74) is 1.77. The van der Waals surface area contributed by atoms with E-state index < -0.39 is 10.0 Å². The van der Waals surface area contributed by atoms with Gasteiger partial charge >= 0.3 is 0 Å². The van der Waals surface area contributed by atoms with Crippen molar-refractivity contribution in [3.63, 3.8) is 0 Å². The number of thiazole rings is 1. The number of sulfonamides is 1. The number of nitrogens with zero attached hydrogens (tertiary/aromatic N) is 2. The van der Waals surface area contributed by atoms with Crippen LogP contribution in [0.2, 0.25) is 0 Å². The maximum Gasteiger partial charge on any atom is 0.263 e. The van der Waals surface area contributed by atoms with E-state index in [0.29, 0.717) is 30.3 Å². The van der Waals surface area contributed by atoms with E-state index in [2.05, 4.69) is 15.0 Å². The van der Waals surface area contributed by atoms with Gasteiger partial charge < -0.3 is 15.0 Å². The number of carbonyl (C=O) groups is 1. The van der Waals surface area contributed by atoms with Crippen LogP contribution in [0.5, 0.6) is 5.75 Å². The second-order valence-electron chi connectivity index (χ2n) is 7.28. The molecule has 0 saturated carbocycles. The number of anilines is 2. The highest BCUT2D eigenvalue weighted by Gasteiger charge is 2.32. The topological polar surface area (TPSA) is 101 Å². The molecule has 1 saturated heterocycles. The molecule has 0 bridgehead atoms. The number of para-hydroxylation sites is 1. The quantitative estimate of drug-likeness (QED) is 0.497. The van der Waals surface area contributed by atoms with Gasteiger partial charge in [-0.25, -0.2) is 13.4 Å². The van der Waals surface area contributed by atoms with Gasteiger partial charge in [0.15, 0.2) is 5.13 Å². The summed E-state index contributed by atoms with van der Waals surface area (Å²) >= 11 is 1.21. The molecule has 1 aromatic heterocycles. The normalized spacial score (nSPS) is 16.3. The molecule has 1 aliphatic heterocycles. The number of nitrogens with one attached hydrogen (secondary N) is 2. The first kappa shape index (κ1) is 22.3. The number of aromatic nitrogens is 1. The van der Waals surface area contributed by atoms with E-state index in [1.807, 2.05) is 24.3 Å². The van der Waals surface area contributed by atoms with Crippen molar-refractivity contribution in [1.82, 2.24) is 10.3 Å². The molecular weight excluding hydrogens is 448 g/mol. The fraction of sp³-hybridized carbons (Fsp3) is 0.273. The highest BCUT2D eigenvalue weighted by atomic mass is 32.2. The molecule has 8 nitrogen and oxygen atoms in total. The molecule has 2 N–H and O–H groups in total. The van der Waals surface area contributed by atoms with Gasteiger partial charge in [-0.2, -0.15) is 0 Å². The summed E-state index contributed by atoms with van der Waals surface area (Å²) in [6, 6.07) is 13.9. The van der Waals surface area contributed by atoms with Crippen LogP contribution in [0.15, 0.2) is 65.0 Å². The monoisotopic (exact) mass is 472 g/mol. The van der Waals surface area contributed by atoms with Gasteiger partial charge in [0.25, 0.3) is 10.0 Å². The van der Waals surface area contributed by atoms with E-state index in [9.17, 15) is 13.2 Å². The van der Waals surface area contributed by atoms with E-state index >= 15 is 0 Å². The third-order valence-electron chi connectivity index (χ3n) is 5.30. The summed E-state index contributed by atoms with van der Waals surface area (Å²) in [5, 5.41) is 5.34. The Balaban J connectivity index is 1.35. The first-order valence-corrected chi connectivity index (χ1v) is 12.5. The predicted molar refractivity (Wildman–Crippen MR) is 125 cm³/mol. The first-order chi connectivity index (χ1) is 15.5. The Labute approximate surface area is 191 Å². The molecule has 2 aromatic carbocycles. The highest BCUT2D eigenvalue weighted by molar-refractivity contribution is 7.93. The zero-order valence-electron chi connectivity index (χ0n) is 17.5. The summed E-state index contributed by atoms with van der Waals surface area (Å²) in [6.45, 7) is 1.23. The van der Waals surface area contributed by atoms with E-state index in [1.54, 1.807) is 29.5 Å². The molecule has 2 heterocycles. The minimum absolute atomic E-state index is 0.0125. The van der Waals surface area contributed by atoms with E-state index in [-0.39, 0.29) is 16.8 Å². The Morgan fingerprint density at radius 3 is 2.69 bits per heavy atom. The second-order valence-corrected chi connectivity index (χ2v) is 9.86. The van der Waals surface area contributed by atoms with Crippen molar-refractivity contribution < 1.29 is 17.9 Å². The molecule has 10 heteroatoms. The first-order valence-electron chi connectivity index (χ1n) is 10.2. The largest absolute Gasteiger partial charge is 0.496 e. The lowest BCUT2D eigenvalue weighted by Gasteiger charge is -2.18. The molecule has 168 valence electrons. The summed E-state index contributed by atoms with van der Waals surface area (Å²) in [5.74, 6) is 0.828. The third kappa shape index (κ3) is 4.93. The minimum Gasteiger partial charge on any atom is -0.496 e. The van der Waals surface area contributed by atoms with Crippen LogP contribution in [0.1, 0.15) is 12.0 Å². The SMILES string of the molecule is COc1ccccc1CCNC1CCN(c2ccc(S(=O)(=O)Nc3nccs3)cc2)C1=O. The number of rotatable bonds is 9. The average molecular weight is 473 g/mol. The summed E-state index contributed by atoms with van der Waals surface area (Å²) in [4.78, 5) is 18.6. The summed E-state index contributed by atoms with van der Waals surface area (Å²) < 4.78 is 32.8. The van der Waals surface area contributed by atoms with Crippen LogP contribution < -0.4 is 19.7 Å². The number of hydrogen-bond donors (Lipinski definition) is 2. The highest BCUT2D eigenvalue weighted by Crippen LogP contribution is 2.25. The predicted octanol–water partition coefficient (Wildman–Crippen LogP) is 2.89. The number of carbonyl (C=O) groups excluding carboxylic acids is 1. The van der Waals surface area contributed by atoms with Crippen molar-refractivity contribution in [1.29, 1.82) is 0 Å². The zero-order valence-corrected chi connectivity index (χ0v) is 19.2. The Morgan fingerprint density at radius 2 is 1.97 bits per heavy atom. The zero-order chi connectivity index (χ0) is 22.6. The average Bonchev–Trinajstić information content (AvgIpc) is 3.43. The standard InChI is InChI=1S/C22H24N4O4S2/c1-30-20-5-3-2-4-16(20)10-12-23-19-11-14-26(21(19)27)17-6-8-18(9-7-17)32(28,29)25-22-24-13-15-31-22/h2-9,13,15,19,23H,10-12,14H2,1H3,(H,24,25). The Morgan fingerprint density at radius 1 is 1.19 bits per heavy atom. The van der Waals surface area contributed by atoms with E-state index in [4.69, 9.17) is 4.74 Å². The molecule has 0 aliphatic carbocycles. The maximum absolute atomic E-state index is 12.9. The van der Waals surface area contributed by atoms with Gasteiger partial charge in [-0.3, -0.25) is 9.52 Å². The van der Waals surface area contributed by atoms with Gasteiger partial charge in [0, 0.05) is 30.4 Å². The van der Waals surface area contributed by atoms with Crippen LogP contribution in [0.4, 0.5) is 10.8 Å². The Bertz CT molecular complexity index is 1160. The van der Waals surface area contributed by atoms with Crippen LogP contribution in [0.3, 0.4) is 0 Å². The third-order valence-corrected chi connectivity index (χ3v) is 7.47. The molecule has 1 atom stereocenters. The lowest BCUT2D eigenvalue weighted by molar-refractivity contribution is -0.118. The van der Waals surface area contributed by atoms with Gasteiger partial charge in [-0.15, -0.1) is 11.3 Å². The Kier molecular flexibility index (Phi) is 6.73. The maximum atomic E-state index is 12.9. The summed E-state index contributed by atoms with van der Waals surface area (Å²) in [6.07, 6.45) is 2.98.